The van der Waals surface area contributed by atoms with Crippen LogP contribution in [0.15, 0.2) is 54.8 Å². The van der Waals surface area contributed by atoms with Crippen LogP contribution in [0.1, 0.15) is 22.4 Å². The zero-order chi connectivity index (χ0) is 23.5. The van der Waals surface area contributed by atoms with Crippen LogP contribution in [0.5, 0.6) is 5.75 Å². The summed E-state index contributed by atoms with van der Waals surface area (Å²) >= 11 is 0. The topological polar surface area (TPSA) is 124 Å². The fourth-order valence-corrected chi connectivity index (χ4v) is 3.51. The Kier molecular flexibility index (Phi) is 6.68. The summed E-state index contributed by atoms with van der Waals surface area (Å²) < 4.78 is 44.2. The highest BCUT2D eigenvalue weighted by Crippen LogP contribution is 2.34. The van der Waals surface area contributed by atoms with Crippen molar-refractivity contribution in [2.75, 3.05) is 0 Å². The molecule has 2 aromatic rings. The summed E-state index contributed by atoms with van der Waals surface area (Å²) in [4.78, 5) is 4.02. The van der Waals surface area contributed by atoms with Crippen molar-refractivity contribution in [3.8, 4) is 5.75 Å². The second-order valence-electron chi connectivity index (χ2n) is 7.30. The third-order valence-electron chi connectivity index (χ3n) is 5.28. The molecule has 32 heavy (non-hydrogen) atoms. The Hall–Kier alpha value is -3.21. The molecule has 1 aliphatic carbocycles. The van der Waals surface area contributed by atoms with E-state index in [0.29, 0.717) is 22.4 Å². The van der Waals surface area contributed by atoms with Crippen LogP contribution >= 0.6 is 0 Å². The molecule has 10 heteroatoms. The van der Waals surface area contributed by atoms with Gasteiger partial charge >= 0.3 is 6.36 Å². The van der Waals surface area contributed by atoms with Gasteiger partial charge in [0.25, 0.3) is 0 Å². The lowest BCUT2D eigenvalue weighted by atomic mass is 9.82. The summed E-state index contributed by atoms with van der Waals surface area (Å²) in [5.74, 6) is -0.807. The molecule has 7 nitrogen and oxygen atoms in total. The number of amidine groups is 1. The Morgan fingerprint density at radius 3 is 2.59 bits per heavy atom. The zero-order valence-electron chi connectivity index (χ0n) is 17.1. The molecule has 2 atom stereocenters. The number of hydrogen-bond acceptors (Lipinski definition) is 6. The summed E-state index contributed by atoms with van der Waals surface area (Å²) in [6, 6.07) is 8.77. The molecule has 0 bridgehead atoms. The third-order valence-corrected chi connectivity index (χ3v) is 5.28. The Morgan fingerprint density at radius 1 is 1.31 bits per heavy atom. The Labute approximate surface area is 182 Å². The van der Waals surface area contributed by atoms with Crippen LogP contribution in [-0.2, 0) is 17.9 Å². The third kappa shape index (κ3) is 4.82. The minimum absolute atomic E-state index is 0.146. The fraction of sp³-hybridized carbons (Fsp3) is 0.273. The molecule has 170 valence electrons. The Bertz CT molecular complexity index is 1050. The van der Waals surface area contributed by atoms with E-state index in [0.717, 1.165) is 0 Å². The first-order valence-electron chi connectivity index (χ1n) is 9.65. The molecule has 0 saturated carbocycles. The van der Waals surface area contributed by atoms with Crippen LogP contribution in [0.2, 0.25) is 0 Å². The molecular formula is C22H23F3N4O3. The monoisotopic (exact) mass is 448 g/mol. The van der Waals surface area contributed by atoms with E-state index in [1.807, 2.05) is 0 Å². The Morgan fingerprint density at radius 2 is 2.00 bits per heavy atom. The minimum atomic E-state index is -4.99. The van der Waals surface area contributed by atoms with E-state index in [9.17, 15) is 23.4 Å². The number of benzene rings is 1. The number of alkyl halides is 3. The van der Waals surface area contributed by atoms with Crippen molar-refractivity contribution in [1.82, 2.24) is 10.3 Å². The van der Waals surface area contributed by atoms with Crippen molar-refractivity contribution >= 4 is 11.4 Å². The largest absolute Gasteiger partial charge is 0.523 e. The average Bonchev–Trinajstić information content (AvgIpc) is 2.74. The molecule has 0 aliphatic heterocycles. The number of pyridine rings is 1. The number of rotatable bonds is 7. The number of aliphatic hydroxyl groups excluding tert-OH is 1. The van der Waals surface area contributed by atoms with Crippen molar-refractivity contribution < 1.29 is 28.1 Å². The number of nitrogens with two attached hydrogens (primary N) is 1. The minimum Gasteiger partial charge on any atom is -0.506 e. The molecule has 1 aromatic heterocycles. The predicted octanol–water partition coefficient (Wildman–Crippen LogP) is 2.91. The molecule has 0 spiro atoms. The number of nitrogens with one attached hydrogen (secondary N) is 2. The number of hydrogen-bond donors (Lipinski definition) is 5. The maximum Gasteiger partial charge on any atom is 0.523 e. The predicted molar refractivity (Wildman–Crippen MR) is 113 cm³/mol. The SMILES string of the molecule is Cc1ncc(CNC2(C(=N)N)C=CC(c3ccccc3)=CC2OC(F)(F)F)c(CO)c1O. The highest BCUT2D eigenvalue weighted by Gasteiger charge is 2.47. The molecule has 1 aliphatic rings. The van der Waals surface area contributed by atoms with Crippen molar-refractivity contribution in [3.05, 3.63) is 77.1 Å². The smallest absolute Gasteiger partial charge is 0.506 e. The maximum absolute atomic E-state index is 13.3. The summed E-state index contributed by atoms with van der Waals surface area (Å²) in [7, 11) is 0. The standard InChI is InChI=1S/C22H23F3N4O3/c1-13-19(31)17(12-30)16(10-28-13)11-29-21(20(26)27)8-7-15(14-5-3-2-4-6-14)9-18(21)32-22(23,24)25/h2-10,18,29-31H,11-12H2,1H3,(H3,26,27). The van der Waals surface area contributed by atoms with Crippen molar-refractivity contribution in [2.24, 2.45) is 5.73 Å². The molecule has 6 N–H and O–H groups in total. The van der Waals surface area contributed by atoms with Gasteiger partial charge in [-0.3, -0.25) is 20.4 Å². The van der Waals surface area contributed by atoms with Crippen LogP contribution in [0, 0.1) is 12.3 Å². The van der Waals surface area contributed by atoms with Crippen molar-refractivity contribution in [1.29, 1.82) is 5.41 Å². The quantitative estimate of drug-likeness (QED) is 0.328. The summed E-state index contributed by atoms with van der Waals surface area (Å²) in [6.07, 6.45) is -1.11. The van der Waals surface area contributed by atoms with Crippen molar-refractivity contribution in [3.63, 3.8) is 0 Å². The lowest BCUT2D eigenvalue weighted by Gasteiger charge is -2.39. The molecule has 2 unspecified atom stereocenters. The summed E-state index contributed by atoms with van der Waals surface area (Å²) in [5, 5.41) is 30.7. The summed E-state index contributed by atoms with van der Waals surface area (Å²) in [6.45, 7) is 0.901. The highest BCUT2D eigenvalue weighted by molar-refractivity contribution is 5.93. The van der Waals surface area contributed by atoms with Crippen LogP contribution < -0.4 is 11.1 Å². The number of allylic oxidation sites excluding steroid dienone is 2. The highest BCUT2D eigenvalue weighted by atomic mass is 19.4. The van der Waals surface area contributed by atoms with Gasteiger partial charge < -0.3 is 15.9 Å². The van der Waals surface area contributed by atoms with Crippen LogP contribution in [0.4, 0.5) is 13.2 Å². The van der Waals surface area contributed by atoms with Crippen LogP contribution in [-0.4, -0.2) is 39.0 Å². The van der Waals surface area contributed by atoms with E-state index >= 15 is 0 Å². The van der Waals surface area contributed by atoms with Gasteiger partial charge in [0, 0.05) is 18.3 Å². The first-order valence-corrected chi connectivity index (χ1v) is 9.65. The number of halogens is 3. The molecule has 0 radical (unpaired) electrons. The van der Waals surface area contributed by atoms with Crippen molar-refractivity contribution in [2.45, 2.75) is 38.1 Å². The lowest BCUT2D eigenvalue weighted by molar-refractivity contribution is -0.340. The number of aryl methyl sites for hydroxylation is 1. The van der Waals surface area contributed by atoms with Gasteiger partial charge in [-0.25, -0.2) is 0 Å². The fourth-order valence-electron chi connectivity index (χ4n) is 3.51. The second-order valence-corrected chi connectivity index (χ2v) is 7.30. The maximum atomic E-state index is 13.3. The number of aromatic hydroxyl groups is 1. The normalized spacial score (nSPS) is 20.8. The van der Waals surface area contributed by atoms with Crippen LogP contribution in [0.25, 0.3) is 5.57 Å². The number of ether oxygens (including phenoxy) is 1. The van der Waals surface area contributed by atoms with Gasteiger partial charge in [-0.2, -0.15) is 0 Å². The number of nitrogens with zero attached hydrogens (tertiary/aromatic N) is 1. The Balaban J connectivity index is 2.00. The zero-order valence-corrected chi connectivity index (χ0v) is 17.1. The van der Waals surface area contributed by atoms with Gasteiger partial charge in [0.2, 0.25) is 0 Å². The van der Waals surface area contributed by atoms with E-state index < -0.39 is 30.4 Å². The molecule has 0 fully saturated rings. The van der Waals surface area contributed by atoms with Gasteiger partial charge in [-0.1, -0.05) is 42.5 Å². The second kappa shape index (κ2) is 9.11. The first kappa shape index (κ1) is 23.5. The van der Waals surface area contributed by atoms with Gasteiger partial charge in [0.15, 0.2) is 0 Å². The van der Waals surface area contributed by atoms with Gasteiger partial charge in [-0.05, 0) is 29.7 Å². The summed E-state index contributed by atoms with van der Waals surface area (Å²) in [5.41, 5.74) is 5.90. The van der Waals surface area contributed by atoms with E-state index in [2.05, 4.69) is 15.0 Å². The van der Waals surface area contributed by atoms with E-state index in [1.54, 1.807) is 43.3 Å². The molecular weight excluding hydrogens is 425 g/mol. The molecule has 1 heterocycles. The number of aromatic nitrogens is 1. The molecule has 0 saturated heterocycles. The van der Waals surface area contributed by atoms with Gasteiger partial charge in [0.05, 0.1) is 12.3 Å². The first-order chi connectivity index (χ1) is 15.1. The molecule has 1 aromatic carbocycles. The van der Waals surface area contributed by atoms with Crippen LogP contribution in [0.3, 0.4) is 0 Å². The molecule has 3 rings (SSSR count). The van der Waals surface area contributed by atoms with E-state index in [4.69, 9.17) is 11.1 Å². The lowest BCUT2D eigenvalue weighted by Crippen LogP contribution is -2.62. The average molecular weight is 448 g/mol. The van der Waals surface area contributed by atoms with E-state index in [1.165, 1.54) is 18.3 Å². The van der Waals surface area contributed by atoms with Gasteiger partial charge in [0.1, 0.15) is 23.2 Å². The number of aliphatic hydroxyl groups is 1. The molecule has 0 amide bonds. The van der Waals surface area contributed by atoms with Gasteiger partial charge in [-0.15, -0.1) is 13.2 Å². The van der Waals surface area contributed by atoms with E-state index in [-0.39, 0.29) is 17.9 Å².